The number of hydrogen-bond acceptors (Lipinski definition) is 7. The fourth-order valence-electron chi connectivity index (χ4n) is 3.50. The summed E-state index contributed by atoms with van der Waals surface area (Å²) < 4.78 is 32.4. The van der Waals surface area contributed by atoms with Crippen LogP contribution < -0.4 is 28.4 Å². The zero-order valence-corrected chi connectivity index (χ0v) is 20.1. The highest BCUT2D eigenvalue weighted by molar-refractivity contribution is 6.13. The topological polar surface area (TPSA) is 72.5 Å². The Labute approximate surface area is 199 Å². The van der Waals surface area contributed by atoms with Crippen LogP contribution in [0.15, 0.2) is 48.5 Å². The molecule has 0 unspecified atom stereocenters. The number of carbonyl (C=O) groups is 1. The number of rotatable bonds is 10. The van der Waals surface area contributed by atoms with Gasteiger partial charge in [-0.25, -0.2) is 0 Å². The second-order valence-electron chi connectivity index (χ2n) is 7.17. The van der Waals surface area contributed by atoms with Gasteiger partial charge in [0.25, 0.3) is 0 Å². The molecule has 0 spiro atoms. The van der Waals surface area contributed by atoms with Crippen molar-refractivity contribution >= 4 is 17.9 Å². The van der Waals surface area contributed by atoms with Gasteiger partial charge in [-0.15, -0.1) is 0 Å². The quantitative estimate of drug-likeness (QED) is 0.304. The molecule has 0 saturated heterocycles. The van der Waals surface area contributed by atoms with Gasteiger partial charge in [0.1, 0.15) is 23.0 Å². The van der Waals surface area contributed by atoms with Crippen molar-refractivity contribution in [2.24, 2.45) is 0 Å². The van der Waals surface area contributed by atoms with E-state index in [1.54, 1.807) is 64.8 Å². The minimum Gasteiger partial charge on any atom is -0.497 e. The molecule has 0 aliphatic heterocycles. The summed E-state index contributed by atoms with van der Waals surface area (Å²) in [5.74, 6) is 3.02. The van der Waals surface area contributed by atoms with Gasteiger partial charge in [-0.1, -0.05) is 12.2 Å². The van der Waals surface area contributed by atoms with Crippen LogP contribution in [0.2, 0.25) is 0 Å². The predicted molar refractivity (Wildman–Crippen MR) is 131 cm³/mol. The number of ketones is 1. The molecule has 0 fully saturated rings. The van der Waals surface area contributed by atoms with E-state index in [4.69, 9.17) is 28.4 Å². The molecular weight excluding hydrogens is 436 g/mol. The number of hydrogen-bond donors (Lipinski definition) is 0. The monoisotopic (exact) mass is 464 g/mol. The van der Waals surface area contributed by atoms with E-state index < -0.39 is 0 Å². The average Bonchev–Trinajstić information content (AvgIpc) is 2.89. The summed E-state index contributed by atoms with van der Waals surface area (Å²) in [6, 6.07) is 14.0. The number of methoxy groups -OCH3 is 6. The lowest BCUT2D eigenvalue weighted by molar-refractivity contribution is 0.103. The molecule has 0 N–H and O–H groups in total. The Bertz CT molecular complexity index is 1180. The molecule has 3 rings (SSSR count). The first-order valence-corrected chi connectivity index (χ1v) is 10.4. The Kier molecular flexibility index (Phi) is 8.03. The van der Waals surface area contributed by atoms with E-state index in [0.717, 1.165) is 5.56 Å². The highest BCUT2D eigenvalue weighted by Crippen LogP contribution is 2.35. The maximum Gasteiger partial charge on any atom is 0.197 e. The van der Waals surface area contributed by atoms with Gasteiger partial charge in [0.15, 0.2) is 17.3 Å². The molecule has 7 heteroatoms. The standard InChI is InChI=1S/C27H28O7/c1-29-20-11-17(12-21(15-20)30-2)7-8-18-13-22(31-3)16-25(34-6)26(18)27(28)19-9-10-23(32-4)24(14-19)33-5/h7-16H,1-6H3/b8-7+. The van der Waals surface area contributed by atoms with E-state index in [9.17, 15) is 4.79 Å². The van der Waals surface area contributed by atoms with E-state index in [-0.39, 0.29) is 5.78 Å². The van der Waals surface area contributed by atoms with Crippen LogP contribution in [-0.4, -0.2) is 48.4 Å². The van der Waals surface area contributed by atoms with Crippen molar-refractivity contribution in [2.75, 3.05) is 42.7 Å². The molecule has 3 aromatic rings. The van der Waals surface area contributed by atoms with E-state index in [1.807, 2.05) is 24.3 Å². The summed E-state index contributed by atoms with van der Waals surface area (Å²) in [7, 11) is 9.33. The molecule has 0 aromatic heterocycles. The molecule has 0 radical (unpaired) electrons. The Morgan fingerprint density at radius 3 is 1.74 bits per heavy atom. The first-order valence-electron chi connectivity index (χ1n) is 10.4. The Morgan fingerprint density at radius 2 is 1.18 bits per heavy atom. The lowest BCUT2D eigenvalue weighted by Gasteiger charge is -2.15. The van der Waals surface area contributed by atoms with E-state index in [1.165, 1.54) is 14.2 Å². The Hall–Kier alpha value is -4.13. The Balaban J connectivity index is 2.13. The second kappa shape index (κ2) is 11.1. The van der Waals surface area contributed by atoms with Crippen LogP contribution in [-0.2, 0) is 0 Å². The summed E-state index contributed by atoms with van der Waals surface area (Å²) in [4.78, 5) is 13.6. The molecule has 0 saturated carbocycles. The first-order chi connectivity index (χ1) is 16.5. The smallest absolute Gasteiger partial charge is 0.197 e. The lowest BCUT2D eigenvalue weighted by Crippen LogP contribution is -2.07. The van der Waals surface area contributed by atoms with E-state index in [2.05, 4.69) is 0 Å². The largest absolute Gasteiger partial charge is 0.497 e. The summed E-state index contributed by atoms with van der Waals surface area (Å²) in [6.45, 7) is 0. The zero-order valence-electron chi connectivity index (χ0n) is 20.1. The fourth-order valence-corrected chi connectivity index (χ4v) is 3.50. The third-order valence-corrected chi connectivity index (χ3v) is 5.26. The maximum atomic E-state index is 13.6. The third kappa shape index (κ3) is 5.26. The van der Waals surface area contributed by atoms with Gasteiger partial charge in [0.05, 0.1) is 48.2 Å². The van der Waals surface area contributed by atoms with Gasteiger partial charge < -0.3 is 28.4 Å². The summed E-state index contributed by atoms with van der Waals surface area (Å²) in [5, 5.41) is 0. The minimum atomic E-state index is -0.233. The molecule has 0 aliphatic rings. The molecular formula is C27H28O7. The van der Waals surface area contributed by atoms with Gasteiger partial charge >= 0.3 is 0 Å². The van der Waals surface area contributed by atoms with Crippen LogP contribution >= 0.6 is 0 Å². The number of benzene rings is 3. The van der Waals surface area contributed by atoms with Crippen LogP contribution in [0, 0.1) is 0 Å². The van der Waals surface area contributed by atoms with Crippen LogP contribution in [0.4, 0.5) is 0 Å². The van der Waals surface area contributed by atoms with Crippen LogP contribution in [0.5, 0.6) is 34.5 Å². The predicted octanol–water partition coefficient (Wildman–Crippen LogP) is 5.14. The maximum absolute atomic E-state index is 13.6. The van der Waals surface area contributed by atoms with Crippen molar-refractivity contribution in [3.63, 3.8) is 0 Å². The summed E-state index contributed by atoms with van der Waals surface area (Å²) in [6.07, 6.45) is 3.69. The molecule has 7 nitrogen and oxygen atoms in total. The van der Waals surface area contributed by atoms with Crippen molar-refractivity contribution in [1.82, 2.24) is 0 Å². The third-order valence-electron chi connectivity index (χ3n) is 5.26. The molecule has 0 aliphatic carbocycles. The van der Waals surface area contributed by atoms with Crippen LogP contribution in [0.3, 0.4) is 0 Å². The van der Waals surface area contributed by atoms with Crippen molar-refractivity contribution < 1.29 is 33.2 Å². The number of carbonyl (C=O) groups excluding carboxylic acids is 1. The highest BCUT2D eigenvalue weighted by atomic mass is 16.5. The van der Waals surface area contributed by atoms with Crippen molar-refractivity contribution in [3.05, 3.63) is 70.8 Å². The Morgan fingerprint density at radius 1 is 0.588 bits per heavy atom. The number of ether oxygens (including phenoxy) is 6. The molecule has 0 heterocycles. The van der Waals surface area contributed by atoms with Gasteiger partial charge in [-0.3, -0.25) is 4.79 Å². The van der Waals surface area contributed by atoms with Gasteiger partial charge in [-0.05, 0) is 47.5 Å². The molecule has 0 bridgehead atoms. The van der Waals surface area contributed by atoms with Gasteiger partial charge in [0.2, 0.25) is 0 Å². The molecule has 34 heavy (non-hydrogen) atoms. The molecule has 0 atom stereocenters. The van der Waals surface area contributed by atoms with E-state index in [0.29, 0.717) is 51.2 Å². The lowest BCUT2D eigenvalue weighted by atomic mass is 9.95. The fraction of sp³-hybridized carbons (Fsp3) is 0.222. The van der Waals surface area contributed by atoms with E-state index >= 15 is 0 Å². The van der Waals surface area contributed by atoms with Gasteiger partial charge in [-0.2, -0.15) is 0 Å². The minimum absolute atomic E-state index is 0.233. The summed E-state index contributed by atoms with van der Waals surface area (Å²) >= 11 is 0. The van der Waals surface area contributed by atoms with Crippen LogP contribution in [0.25, 0.3) is 12.2 Å². The average molecular weight is 465 g/mol. The van der Waals surface area contributed by atoms with Crippen LogP contribution in [0.1, 0.15) is 27.0 Å². The van der Waals surface area contributed by atoms with Crippen molar-refractivity contribution in [2.45, 2.75) is 0 Å². The first kappa shape index (κ1) is 24.5. The van der Waals surface area contributed by atoms with Crippen molar-refractivity contribution in [1.29, 1.82) is 0 Å². The zero-order chi connectivity index (χ0) is 24.7. The second-order valence-corrected chi connectivity index (χ2v) is 7.17. The normalized spacial score (nSPS) is 10.6. The summed E-state index contributed by atoms with van der Waals surface area (Å²) in [5.41, 5.74) is 2.28. The van der Waals surface area contributed by atoms with Crippen molar-refractivity contribution in [3.8, 4) is 34.5 Å². The van der Waals surface area contributed by atoms with Gasteiger partial charge in [0, 0.05) is 17.7 Å². The SMILES string of the molecule is COc1cc(/C=C/c2cc(OC)cc(OC)c2C(=O)c2ccc(OC)c(OC)c2)cc(OC)c1. The molecule has 3 aromatic carbocycles. The molecule has 0 amide bonds. The molecule has 178 valence electrons. The highest BCUT2D eigenvalue weighted by Gasteiger charge is 2.21.